The fraction of sp³-hybridized carbons (Fsp3) is 0.0526. The molecule has 0 aliphatic rings. The lowest BCUT2D eigenvalue weighted by atomic mass is 10.2. The van der Waals surface area contributed by atoms with Crippen molar-refractivity contribution >= 4 is 46.3 Å². The van der Waals surface area contributed by atoms with Crippen LogP contribution in [0.5, 0.6) is 5.75 Å². The fourth-order valence-corrected chi connectivity index (χ4v) is 3.61. The Morgan fingerprint density at radius 1 is 1.00 bits per heavy atom. The highest BCUT2D eigenvalue weighted by Gasteiger charge is 2.13. The van der Waals surface area contributed by atoms with Gasteiger partial charge in [0.25, 0.3) is 5.69 Å². The maximum Gasteiger partial charge on any atom is 0.269 e. The zero-order valence-corrected chi connectivity index (χ0v) is 16.2. The van der Waals surface area contributed by atoms with Crippen LogP contribution in [0.1, 0.15) is 5.56 Å². The third-order valence-corrected chi connectivity index (χ3v) is 5.34. The topological polar surface area (TPSA) is 75.4 Å². The van der Waals surface area contributed by atoms with Crippen LogP contribution in [0.15, 0.2) is 70.5 Å². The number of phenols is 1. The smallest absolute Gasteiger partial charge is 0.269 e. The van der Waals surface area contributed by atoms with E-state index in [2.05, 4.69) is 5.32 Å². The Morgan fingerprint density at radius 2 is 1.70 bits per heavy atom. The maximum atomic E-state index is 11.1. The van der Waals surface area contributed by atoms with Crippen LogP contribution in [-0.4, -0.2) is 10.0 Å². The number of nitro benzene ring substituents is 1. The number of non-ortho nitro benzene ring substituents is 1. The van der Waals surface area contributed by atoms with Crippen LogP contribution < -0.4 is 5.32 Å². The van der Waals surface area contributed by atoms with Crippen molar-refractivity contribution in [2.75, 3.05) is 5.32 Å². The Balaban J connectivity index is 1.88. The van der Waals surface area contributed by atoms with Crippen molar-refractivity contribution in [3.05, 3.63) is 86.4 Å². The number of halogens is 2. The number of benzene rings is 3. The van der Waals surface area contributed by atoms with E-state index in [1.807, 2.05) is 12.1 Å². The summed E-state index contributed by atoms with van der Waals surface area (Å²) in [4.78, 5) is 12.5. The number of anilines is 1. The van der Waals surface area contributed by atoms with Gasteiger partial charge in [-0.25, -0.2) is 0 Å². The van der Waals surface area contributed by atoms with E-state index in [4.69, 9.17) is 23.2 Å². The normalized spacial score (nSPS) is 10.6. The summed E-state index contributed by atoms with van der Waals surface area (Å²) >= 11 is 13.4. The molecule has 138 valence electrons. The summed E-state index contributed by atoms with van der Waals surface area (Å²) in [6.45, 7) is 0.283. The summed E-state index contributed by atoms with van der Waals surface area (Å²) < 4.78 is 0. The summed E-state index contributed by atoms with van der Waals surface area (Å²) in [6.07, 6.45) is 0. The van der Waals surface area contributed by atoms with Gasteiger partial charge >= 0.3 is 0 Å². The predicted octanol–water partition coefficient (Wildman–Crippen LogP) is 6.37. The first-order chi connectivity index (χ1) is 12.9. The SMILES string of the molecule is O=[N+]([O-])c1ccc(Sc2ccc(Cl)cc2)c(CNc2cc(Cl)ccc2O)c1. The third-order valence-electron chi connectivity index (χ3n) is 3.72. The van der Waals surface area contributed by atoms with Crippen molar-refractivity contribution in [1.29, 1.82) is 0 Å². The maximum absolute atomic E-state index is 11.1. The molecule has 2 N–H and O–H groups in total. The molecule has 3 aromatic carbocycles. The van der Waals surface area contributed by atoms with Gasteiger partial charge < -0.3 is 10.4 Å². The standard InChI is InChI=1S/C19H14Cl2N2O3S/c20-13-1-5-16(6-2-13)27-19-8-4-15(23(25)26)9-12(19)11-22-17-10-14(21)3-7-18(17)24/h1-10,22,24H,11H2. The molecule has 0 aliphatic carbocycles. The Labute approximate surface area is 170 Å². The van der Waals surface area contributed by atoms with Gasteiger partial charge in [-0.2, -0.15) is 0 Å². The molecule has 0 atom stereocenters. The highest BCUT2D eigenvalue weighted by Crippen LogP contribution is 2.34. The van der Waals surface area contributed by atoms with Crippen LogP contribution in [0.25, 0.3) is 0 Å². The first-order valence-corrected chi connectivity index (χ1v) is 9.43. The lowest BCUT2D eigenvalue weighted by Crippen LogP contribution is -2.02. The number of nitro groups is 1. The van der Waals surface area contributed by atoms with E-state index in [1.165, 1.54) is 30.0 Å². The molecule has 0 saturated carbocycles. The van der Waals surface area contributed by atoms with Crippen molar-refractivity contribution in [2.45, 2.75) is 16.3 Å². The van der Waals surface area contributed by atoms with Gasteiger partial charge in [-0.3, -0.25) is 10.1 Å². The molecular formula is C19H14Cl2N2O3S. The van der Waals surface area contributed by atoms with E-state index < -0.39 is 4.92 Å². The Hall–Kier alpha value is -2.41. The van der Waals surface area contributed by atoms with E-state index >= 15 is 0 Å². The van der Waals surface area contributed by atoms with Crippen molar-refractivity contribution < 1.29 is 10.0 Å². The number of phenolic OH excluding ortho intramolecular Hbond substituents is 1. The molecule has 0 aliphatic heterocycles. The average Bonchev–Trinajstić information content (AvgIpc) is 2.65. The summed E-state index contributed by atoms with van der Waals surface area (Å²) in [5.74, 6) is 0.0525. The van der Waals surface area contributed by atoms with E-state index in [0.717, 1.165) is 15.4 Å². The van der Waals surface area contributed by atoms with Gasteiger partial charge in [-0.1, -0.05) is 35.0 Å². The minimum Gasteiger partial charge on any atom is -0.506 e. The molecule has 0 aromatic heterocycles. The molecule has 3 rings (SSSR count). The largest absolute Gasteiger partial charge is 0.506 e. The highest BCUT2D eigenvalue weighted by atomic mass is 35.5. The number of hydrogen-bond acceptors (Lipinski definition) is 5. The second kappa shape index (κ2) is 8.52. The summed E-state index contributed by atoms with van der Waals surface area (Å²) in [5, 5.41) is 25.3. The number of nitrogens with zero attached hydrogens (tertiary/aromatic N) is 1. The molecule has 3 aromatic rings. The molecule has 27 heavy (non-hydrogen) atoms. The molecule has 8 heteroatoms. The van der Waals surface area contributed by atoms with Crippen molar-refractivity contribution in [1.82, 2.24) is 0 Å². The van der Waals surface area contributed by atoms with Crippen LogP contribution in [0.3, 0.4) is 0 Å². The molecule has 0 spiro atoms. The summed E-state index contributed by atoms with van der Waals surface area (Å²) in [7, 11) is 0. The van der Waals surface area contributed by atoms with E-state index in [0.29, 0.717) is 15.7 Å². The van der Waals surface area contributed by atoms with Gasteiger partial charge in [0.15, 0.2) is 0 Å². The second-order valence-electron chi connectivity index (χ2n) is 5.62. The lowest BCUT2D eigenvalue weighted by molar-refractivity contribution is -0.385. The second-order valence-corrected chi connectivity index (χ2v) is 7.61. The first kappa shape index (κ1) is 19.4. The number of aromatic hydroxyl groups is 1. The Kier molecular flexibility index (Phi) is 6.11. The van der Waals surface area contributed by atoms with E-state index in [-0.39, 0.29) is 18.0 Å². The van der Waals surface area contributed by atoms with Gasteiger partial charge in [0.2, 0.25) is 0 Å². The van der Waals surface area contributed by atoms with Crippen LogP contribution in [0.4, 0.5) is 11.4 Å². The van der Waals surface area contributed by atoms with E-state index in [9.17, 15) is 15.2 Å². The van der Waals surface area contributed by atoms with Gasteiger partial charge in [0.05, 0.1) is 10.6 Å². The van der Waals surface area contributed by atoms with Crippen LogP contribution >= 0.6 is 35.0 Å². The first-order valence-electron chi connectivity index (χ1n) is 7.85. The molecule has 0 bridgehead atoms. The zero-order chi connectivity index (χ0) is 19.4. The van der Waals surface area contributed by atoms with E-state index in [1.54, 1.807) is 30.3 Å². The van der Waals surface area contributed by atoms with Crippen molar-refractivity contribution in [3.63, 3.8) is 0 Å². The minimum absolute atomic E-state index is 0.00238. The monoisotopic (exact) mass is 420 g/mol. The molecule has 0 amide bonds. The summed E-state index contributed by atoms with van der Waals surface area (Å²) in [6, 6.07) is 16.7. The Morgan fingerprint density at radius 3 is 2.41 bits per heavy atom. The van der Waals surface area contributed by atoms with Gasteiger partial charge in [-0.15, -0.1) is 0 Å². The van der Waals surface area contributed by atoms with Crippen LogP contribution in [-0.2, 0) is 6.54 Å². The quantitative estimate of drug-likeness (QED) is 0.275. The number of rotatable bonds is 6. The molecule has 5 nitrogen and oxygen atoms in total. The Bertz CT molecular complexity index is 981. The number of hydrogen-bond donors (Lipinski definition) is 2. The van der Waals surface area contributed by atoms with Crippen molar-refractivity contribution in [3.8, 4) is 5.75 Å². The molecule has 0 saturated heterocycles. The molecule has 0 heterocycles. The fourth-order valence-electron chi connectivity index (χ4n) is 2.39. The lowest BCUT2D eigenvalue weighted by Gasteiger charge is -2.13. The average molecular weight is 421 g/mol. The summed E-state index contributed by atoms with van der Waals surface area (Å²) in [5.41, 5.74) is 1.18. The zero-order valence-electron chi connectivity index (χ0n) is 13.9. The van der Waals surface area contributed by atoms with Crippen LogP contribution in [0, 0.1) is 10.1 Å². The van der Waals surface area contributed by atoms with Gasteiger partial charge in [0.1, 0.15) is 5.75 Å². The van der Waals surface area contributed by atoms with Gasteiger partial charge in [-0.05, 0) is 54.1 Å². The molecule has 0 radical (unpaired) electrons. The third kappa shape index (κ3) is 5.07. The van der Waals surface area contributed by atoms with Gasteiger partial charge in [0, 0.05) is 38.5 Å². The number of nitrogens with one attached hydrogen (secondary N) is 1. The molecular weight excluding hydrogens is 407 g/mol. The molecule has 0 unspecified atom stereocenters. The van der Waals surface area contributed by atoms with Crippen molar-refractivity contribution in [2.24, 2.45) is 0 Å². The minimum atomic E-state index is -0.433. The predicted molar refractivity (Wildman–Crippen MR) is 109 cm³/mol. The van der Waals surface area contributed by atoms with Crippen LogP contribution in [0.2, 0.25) is 10.0 Å². The highest BCUT2D eigenvalue weighted by molar-refractivity contribution is 7.99. The molecule has 0 fully saturated rings.